The average molecular weight is 680 g/mol. The predicted molar refractivity (Wildman–Crippen MR) is 222 cm³/mol. The Hall–Kier alpha value is -6.64. The lowest BCUT2D eigenvalue weighted by atomic mass is 9.82. The molecule has 0 saturated heterocycles. The Morgan fingerprint density at radius 2 is 1.02 bits per heavy atom. The maximum absolute atomic E-state index is 6.76. The largest absolute Gasteiger partial charge is 0.455 e. The minimum atomic E-state index is -0.0769. The van der Waals surface area contributed by atoms with Gasteiger partial charge in [-0.15, -0.1) is 0 Å². The van der Waals surface area contributed by atoms with Crippen LogP contribution in [0.2, 0.25) is 0 Å². The van der Waals surface area contributed by atoms with E-state index in [4.69, 9.17) is 4.42 Å². The topological polar surface area (TPSA) is 16.4 Å². The molecular weight excluding hydrogens is 643 g/mol. The van der Waals surface area contributed by atoms with Gasteiger partial charge < -0.3 is 9.32 Å². The second-order valence-electron chi connectivity index (χ2n) is 14.5. The fourth-order valence-electron chi connectivity index (χ4n) is 8.43. The summed E-state index contributed by atoms with van der Waals surface area (Å²) in [5.74, 6) is 0. The van der Waals surface area contributed by atoms with E-state index < -0.39 is 0 Å². The molecule has 0 spiro atoms. The van der Waals surface area contributed by atoms with Crippen molar-refractivity contribution >= 4 is 39.0 Å². The molecule has 0 atom stereocenters. The Morgan fingerprint density at radius 3 is 1.81 bits per heavy atom. The van der Waals surface area contributed by atoms with Crippen LogP contribution in [0.1, 0.15) is 25.0 Å². The molecular formula is C51H37NO. The van der Waals surface area contributed by atoms with Crippen LogP contribution < -0.4 is 4.90 Å². The van der Waals surface area contributed by atoms with Crippen LogP contribution in [0.3, 0.4) is 0 Å². The van der Waals surface area contributed by atoms with Gasteiger partial charge in [0.2, 0.25) is 0 Å². The number of rotatable bonds is 6. The summed E-state index contributed by atoms with van der Waals surface area (Å²) >= 11 is 0. The Labute approximate surface area is 310 Å². The highest BCUT2D eigenvalue weighted by atomic mass is 16.3. The second-order valence-corrected chi connectivity index (χ2v) is 14.5. The quantitative estimate of drug-likeness (QED) is 0.174. The summed E-state index contributed by atoms with van der Waals surface area (Å²) in [4.78, 5) is 2.43. The summed E-state index contributed by atoms with van der Waals surface area (Å²) in [6, 6.07) is 67.8. The number of nitrogens with zero attached hydrogens (tertiary/aromatic N) is 1. The molecule has 9 aromatic rings. The third-order valence-electron chi connectivity index (χ3n) is 11.1. The van der Waals surface area contributed by atoms with Gasteiger partial charge in [-0.2, -0.15) is 0 Å². The molecule has 0 saturated carbocycles. The third-order valence-corrected chi connectivity index (χ3v) is 11.1. The van der Waals surface area contributed by atoms with Crippen molar-refractivity contribution in [3.05, 3.63) is 199 Å². The molecule has 0 bridgehead atoms. The van der Waals surface area contributed by atoms with Crippen LogP contribution in [0, 0.1) is 0 Å². The Bertz CT molecular complexity index is 2790. The number of benzene rings is 8. The standard InChI is InChI=1S/C51H37NO/c1-51(2)45-22-11-9-20-42(45)44-33-40(28-30-46(44)51)52(39-19-13-18-38(32-39)36-26-24-35(25-27-36)34-14-5-3-6-15-34)47-31-29-41(37-16-7-4-8-17-37)50-49(47)43-21-10-12-23-48(43)53-50/h3-33H,1-2H3. The zero-order valence-corrected chi connectivity index (χ0v) is 29.8. The van der Waals surface area contributed by atoms with Crippen molar-refractivity contribution in [2.75, 3.05) is 4.90 Å². The van der Waals surface area contributed by atoms with E-state index in [1.54, 1.807) is 0 Å². The van der Waals surface area contributed by atoms with Gasteiger partial charge in [-0.25, -0.2) is 0 Å². The summed E-state index contributed by atoms with van der Waals surface area (Å²) in [5, 5.41) is 2.20. The molecule has 2 heteroatoms. The van der Waals surface area contributed by atoms with Crippen LogP contribution in [0.25, 0.3) is 66.4 Å². The van der Waals surface area contributed by atoms with E-state index in [1.165, 1.54) is 38.9 Å². The Balaban J connectivity index is 1.20. The number of para-hydroxylation sites is 1. The van der Waals surface area contributed by atoms with Crippen LogP contribution in [0.15, 0.2) is 192 Å². The zero-order chi connectivity index (χ0) is 35.5. The molecule has 0 amide bonds. The first-order valence-electron chi connectivity index (χ1n) is 18.3. The summed E-state index contributed by atoms with van der Waals surface area (Å²) < 4.78 is 6.76. The van der Waals surface area contributed by atoms with Crippen LogP contribution in [-0.2, 0) is 5.41 Å². The first-order valence-corrected chi connectivity index (χ1v) is 18.3. The van der Waals surface area contributed by atoms with Crippen molar-refractivity contribution in [2.45, 2.75) is 19.3 Å². The van der Waals surface area contributed by atoms with Crippen molar-refractivity contribution in [2.24, 2.45) is 0 Å². The van der Waals surface area contributed by atoms with E-state index in [1.807, 2.05) is 0 Å². The van der Waals surface area contributed by atoms with Gasteiger partial charge in [0.15, 0.2) is 0 Å². The molecule has 0 radical (unpaired) electrons. The zero-order valence-electron chi connectivity index (χ0n) is 29.8. The molecule has 0 N–H and O–H groups in total. The molecule has 10 rings (SSSR count). The highest BCUT2D eigenvalue weighted by Gasteiger charge is 2.35. The molecule has 53 heavy (non-hydrogen) atoms. The fourth-order valence-corrected chi connectivity index (χ4v) is 8.43. The maximum atomic E-state index is 6.76. The van der Waals surface area contributed by atoms with E-state index in [9.17, 15) is 0 Å². The van der Waals surface area contributed by atoms with Gasteiger partial charge in [0.25, 0.3) is 0 Å². The van der Waals surface area contributed by atoms with Gasteiger partial charge in [0.05, 0.1) is 11.1 Å². The van der Waals surface area contributed by atoms with E-state index in [-0.39, 0.29) is 5.41 Å². The SMILES string of the molecule is CC1(C)c2ccccc2-c2cc(N(c3cccc(-c4ccc(-c5ccccc5)cc4)c3)c3ccc(-c4ccccc4)c4oc5ccccc5c34)ccc21. The highest BCUT2D eigenvalue weighted by Crippen LogP contribution is 2.52. The molecule has 2 nitrogen and oxygen atoms in total. The van der Waals surface area contributed by atoms with E-state index in [2.05, 4.69) is 207 Å². The normalized spacial score (nSPS) is 12.9. The van der Waals surface area contributed by atoms with Crippen LogP contribution in [-0.4, -0.2) is 0 Å². The monoisotopic (exact) mass is 679 g/mol. The first-order chi connectivity index (χ1) is 26.0. The van der Waals surface area contributed by atoms with Crippen molar-refractivity contribution in [1.82, 2.24) is 0 Å². The number of furan rings is 1. The smallest absolute Gasteiger partial charge is 0.145 e. The second kappa shape index (κ2) is 12.3. The van der Waals surface area contributed by atoms with Crippen LogP contribution in [0.5, 0.6) is 0 Å². The molecule has 1 heterocycles. The molecule has 0 unspecified atom stereocenters. The lowest BCUT2D eigenvalue weighted by Crippen LogP contribution is -2.15. The highest BCUT2D eigenvalue weighted by molar-refractivity contribution is 6.17. The molecule has 1 aliphatic carbocycles. The fraction of sp³-hybridized carbons (Fsp3) is 0.0588. The van der Waals surface area contributed by atoms with Gasteiger partial charge in [-0.05, 0) is 92.5 Å². The van der Waals surface area contributed by atoms with Crippen LogP contribution >= 0.6 is 0 Å². The van der Waals surface area contributed by atoms with Gasteiger partial charge in [-0.1, -0.05) is 159 Å². The van der Waals surface area contributed by atoms with Gasteiger partial charge >= 0.3 is 0 Å². The lowest BCUT2D eigenvalue weighted by Gasteiger charge is -2.28. The van der Waals surface area contributed by atoms with Gasteiger partial charge in [0, 0.05) is 27.7 Å². The van der Waals surface area contributed by atoms with Crippen molar-refractivity contribution in [3.8, 4) is 44.5 Å². The van der Waals surface area contributed by atoms with Gasteiger partial charge in [0.1, 0.15) is 11.2 Å². The molecule has 0 aliphatic heterocycles. The Kier molecular flexibility index (Phi) is 7.19. The van der Waals surface area contributed by atoms with Crippen molar-refractivity contribution in [1.29, 1.82) is 0 Å². The van der Waals surface area contributed by atoms with Crippen LogP contribution in [0.4, 0.5) is 17.1 Å². The Morgan fingerprint density at radius 1 is 0.415 bits per heavy atom. The van der Waals surface area contributed by atoms with Crippen molar-refractivity contribution < 1.29 is 4.42 Å². The minimum Gasteiger partial charge on any atom is -0.455 e. The predicted octanol–water partition coefficient (Wildman–Crippen LogP) is 14.4. The molecule has 252 valence electrons. The third kappa shape index (κ3) is 5.10. The summed E-state index contributed by atoms with van der Waals surface area (Å²) in [7, 11) is 0. The number of hydrogen-bond donors (Lipinski definition) is 0. The van der Waals surface area contributed by atoms with E-state index in [0.29, 0.717) is 0 Å². The number of fused-ring (bicyclic) bond motifs is 6. The first kappa shape index (κ1) is 31.1. The van der Waals surface area contributed by atoms with Crippen molar-refractivity contribution in [3.63, 3.8) is 0 Å². The van der Waals surface area contributed by atoms with E-state index in [0.717, 1.165) is 55.7 Å². The molecule has 0 fully saturated rings. The molecule has 8 aromatic carbocycles. The number of hydrogen-bond acceptors (Lipinski definition) is 2. The van der Waals surface area contributed by atoms with E-state index >= 15 is 0 Å². The summed E-state index contributed by atoms with van der Waals surface area (Å²) in [5.41, 5.74) is 17.2. The van der Waals surface area contributed by atoms with Gasteiger partial charge in [-0.3, -0.25) is 0 Å². The molecule has 1 aromatic heterocycles. The summed E-state index contributed by atoms with van der Waals surface area (Å²) in [6.07, 6.45) is 0. The summed E-state index contributed by atoms with van der Waals surface area (Å²) in [6.45, 7) is 4.68. The molecule has 1 aliphatic rings. The maximum Gasteiger partial charge on any atom is 0.145 e. The minimum absolute atomic E-state index is 0.0769. The number of anilines is 3. The lowest BCUT2D eigenvalue weighted by molar-refractivity contribution is 0.660. The average Bonchev–Trinajstić information content (AvgIpc) is 3.72.